The molecule has 6 rings (SSSR count). The Hall–Kier alpha value is -5.34. The second-order valence-corrected chi connectivity index (χ2v) is 12.1. The van der Waals surface area contributed by atoms with Crippen molar-refractivity contribution in [3.8, 4) is 0 Å². The fraction of sp³-hybridized carbons (Fsp3) is 0.364. The van der Waals surface area contributed by atoms with E-state index in [4.69, 9.17) is 14.2 Å². The number of carbonyl (C=O) groups excluding carboxylic acids is 3. The molecule has 15 heteroatoms. The van der Waals surface area contributed by atoms with Gasteiger partial charge in [-0.2, -0.15) is 33.6 Å². The van der Waals surface area contributed by atoms with Gasteiger partial charge in [0.25, 0.3) is 0 Å². The van der Waals surface area contributed by atoms with Crippen molar-refractivity contribution in [2.75, 3.05) is 19.8 Å². The predicted octanol–water partition coefficient (Wildman–Crippen LogP) is 7.41. The van der Waals surface area contributed by atoms with E-state index in [1.165, 1.54) is 12.1 Å². The Morgan fingerprint density at radius 3 is 1.12 bits per heavy atom. The van der Waals surface area contributed by atoms with E-state index in [2.05, 4.69) is 30.7 Å². The fourth-order valence-corrected chi connectivity index (χ4v) is 4.84. The first kappa shape index (κ1) is 32.6. The molecule has 0 saturated heterocycles. The minimum absolute atomic E-state index is 0.0263. The van der Waals surface area contributed by atoms with Gasteiger partial charge in [-0.1, -0.05) is 43.3 Å². The van der Waals surface area contributed by atoms with E-state index in [1.807, 2.05) is 13.8 Å². The van der Waals surface area contributed by atoms with Crippen molar-refractivity contribution < 1.29 is 41.8 Å². The third-order valence-electron chi connectivity index (χ3n) is 8.63. The number of alkyl halides is 3. The Balaban J connectivity index is 1.14. The molecule has 0 saturated carbocycles. The molecule has 0 spiro atoms. The monoisotopic (exact) mass is 662 g/mol. The number of esters is 3. The molecule has 0 aromatic heterocycles. The molecule has 12 nitrogen and oxygen atoms in total. The lowest BCUT2D eigenvalue weighted by Gasteiger charge is -2.31. The number of hydrogen-bond acceptors (Lipinski definition) is 12. The van der Waals surface area contributed by atoms with Crippen LogP contribution in [-0.2, 0) is 31.2 Å². The Morgan fingerprint density at radius 2 is 0.875 bits per heavy atom. The summed E-state index contributed by atoms with van der Waals surface area (Å²) in [6.45, 7) is 4.49. The summed E-state index contributed by atoms with van der Waals surface area (Å²) < 4.78 is 57.0. The van der Waals surface area contributed by atoms with Crippen molar-refractivity contribution in [3.05, 3.63) is 106 Å². The molecule has 0 N–H and O–H groups in total. The van der Waals surface area contributed by atoms with Crippen LogP contribution in [0.4, 0.5) is 13.2 Å². The molecule has 0 amide bonds. The largest absolute Gasteiger partial charge is 0.461 e. The molecule has 48 heavy (non-hydrogen) atoms. The molecule has 3 aliphatic rings. The molecule has 3 aromatic rings. The zero-order chi connectivity index (χ0) is 34.4. The highest BCUT2D eigenvalue weighted by Gasteiger charge is 2.65. The molecule has 3 aromatic carbocycles. The molecule has 0 unspecified atom stereocenters. The summed E-state index contributed by atoms with van der Waals surface area (Å²) in [6, 6.07) is 17.8. The van der Waals surface area contributed by atoms with E-state index in [1.54, 1.807) is 55.5 Å². The number of ether oxygens (including phenoxy) is 3. The zero-order valence-electron chi connectivity index (χ0n) is 26.0. The third kappa shape index (κ3) is 6.44. The van der Waals surface area contributed by atoms with Crippen LogP contribution in [0.3, 0.4) is 0 Å². The molecule has 3 aliphatic heterocycles. The van der Waals surface area contributed by atoms with E-state index in [9.17, 15) is 27.6 Å². The van der Waals surface area contributed by atoms with Gasteiger partial charge in [0.1, 0.15) is 19.8 Å². The van der Waals surface area contributed by atoms with Crippen LogP contribution in [0.25, 0.3) is 0 Å². The number of nitrogens with zero attached hydrogens (tertiary/aromatic N) is 6. The van der Waals surface area contributed by atoms with Crippen LogP contribution in [0.1, 0.15) is 75.0 Å². The molecule has 0 bridgehead atoms. The Labute approximate surface area is 272 Å². The Kier molecular flexibility index (Phi) is 7.96. The topological polar surface area (TPSA) is 153 Å². The quantitative estimate of drug-likeness (QED) is 0.137. The SMILES string of the molecule is CCC(COC(=O)c1ccc(C2(C)N=N2)cc1)(COC(=O)c1ccc(C2(C)N=N2)cc1)COC(=O)c1ccc(C2(C(F)(F)F)N=N2)cc1. The van der Waals surface area contributed by atoms with Crippen molar-refractivity contribution in [2.45, 2.75) is 50.4 Å². The van der Waals surface area contributed by atoms with Crippen LogP contribution >= 0.6 is 0 Å². The molecule has 248 valence electrons. The van der Waals surface area contributed by atoms with Crippen molar-refractivity contribution in [2.24, 2.45) is 36.1 Å². The Morgan fingerprint density at radius 1 is 0.562 bits per heavy atom. The van der Waals surface area contributed by atoms with Crippen LogP contribution in [0.2, 0.25) is 0 Å². The normalized spacial score (nSPS) is 17.4. The summed E-state index contributed by atoms with van der Waals surface area (Å²) in [5, 5.41) is 22.2. The first-order valence-electron chi connectivity index (χ1n) is 14.9. The van der Waals surface area contributed by atoms with Crippen LogP contribution in [0, 0.1) is 5.41 Å². The van der Waals surface area contributed by atoms with E-state index in [-0.39, 0.29) is 48.5 Å². The van der Waals surface area contributed by atoms with Crippen molar-refractivity contribution in [1.82, 2.24) is 0 Å². The van der Waals surface area contributed by atoms with Gasteiger partial charge in [-0.3, -0.25) is 0 Å². The zero-order valence-corrected chi connectivity index (χ0v) is 26.0. The molecular formula is C33H29F3N6O6. The lowest BCUT2D eigenvalue weighted by molar-refractivity contribution is -0.166. The number of hydrogen-bond donors (Lipinski definition) is 0. The van der Waals surface area contributed by atoms with Gasteiger partial charge in [0.15, 0.2) is 0 Å². The van der Waals surface area contributed by atoms with Gasteiger partial charge in [0.2, 0.25) is 11.3 Å². The predicted molar refractivity (Wildman–Crippen MR) is 160 cm³/mol. The van der Waals surface area contributed by atoms with Crippen molar-refractivity contribution in [3.63, 3.8) is 0 Å². The first-order valence-corrected chi connectivity index (χ1v) is 14.9. The lowest BCUT2D eigenvalue weighted by Crippen LogP contribution is -2.39. The highest BCUT2D eigenvalue weighted by molar-refractivity contribution is 5.90. The van der Waals surface area contributed by atoms with Crippen molar-refractivity contribution >= 4 is 17.9 Å². The minimum Gasteiger partial charge on any atom is -0.461 e. The second kappa shape index (κ2) is 11.7. The standard InChI is InChI=1S/C33H29F3N6O6/c1-4-31(17-46-26(43)20-5-11-23(12-6-20)29(2)37-38-29,18-47-27(44)21-7-13-24(14-8-21)30(3)39-40-30)19-48-28(45)22-9-15-25(16-10-22)32(41-42-32)33(34,35)36/h5-16H,4,17-19H2,1-3H3. The second-order valence-electron chi connectivity index (χ2n) is 12.1. The van der Waals surface area contributed by atoms with Crippen LogP contribution in [0.15, 0.2) is 103 Å². The summed E-state index contributed by atoms with van der Waals surface area (Å²) in [4.78, 5) is 39.0. The first-order chi connectivity index (χ1) is 22.7. The minimum atomic E-state index is -4.71. The molecule has 0 atom stereocenters. The lowest BCUT2D eigenvalue weighted by atomic mass is 9.88. The average Bonchev–Trinajstić information content (AvgIpc) is 3.99. The smallest absolute Gasteiger partial charge is 0.442 e. The maximum atomic E-state index is 13.4. The van der Waals surface area contributed by atoms with Gasteiger partial charge in [-0.15, -0.1) is 10.2 Å². The summed E-state index contributed by atoms with van der Waals surface area (Å²) >= 11 is 0. The van der Waals surface area contributed by atoms with E-state index >= 15 is 0 Å². The summed E-state index contributed by atoms with van der Waals surface area (Å²) in [5.74, 6) is -2.16. The maximum Gasteiger partial charge on any atom is 0.442 e. The summed E-state index contributed by atoms with van der Waals surface area (Å²) in [5.41, 5.74) is -3.15. The third-order valence-corrected chi connectivity index (χ3v) is 8.63. The van der Waals surface area contributed by atoms with Crippen molar-refractivity contribution in [1.29, 1.82) is 0 Å². The van der Waals surface area contributed by atoms with Gasteiger partial charge < -0.3 is 14.2 Å². The highest BCUT2D eigenvalue weighted by atomic mass is 19.4. The van der Waals surface area contributed by atoms with E-state index in [0.717, 1.165) is 23.3 Å². The summed E-state index contributed by atoms with van der Waals surface area (Å²) in [6.07, 6.45) is -4.46. The fourth-order valence-electron chi connectivity index (χ4n) is 4.84. The highest BCUT2D eigenvalue weighted by Crippen LogP contribution is 2.52. The van der Waals surface area contributed by atoms with Gasteiger partial charge in [-0.05, 0) is 56.7 Å². The van der Waals surface area contributed by atoms with Gasteiger partial charge in [0, 0.05) is 16.7 Å². The molecule has 0 radical (unpaired) electrons. The van der Waals surface area contributed by atoms with Gasteiger partial charge >= 0.3 is 29.7 Å². The van der Waals surface area contributed by atoms with Gasteiger partial charge in [-0.25, -0.2) is 14.4 Å². The van der Waals surface area contributed by atoms with Gasteiger partial charge in [0.05, 0.1) is 22.1 Å². The molecule has 3 heterocycles. The number of rotatable bonds is 13. The van der Waals surface area contributed by atoms with Crippen LogP contribution < -0.4 is 0 Å². The molecule has 0 aliphatic carbocycles. The number of benzene rings is 3. The summed E-state index contributed by atoms with van der Waals surface area (Å²) in [7, 11) is 0. The number of carbonyl (C=O) groups is 3. The van der Waals surface area contributed by atoms with Crippen LogP contribution in [-0.4, -0.2) is 43.9 Å². The average molecular weight is 663 g/mol. The van der Waals surface area contributed by atoms with E-state index in [0.29, 0.717) is 0 Å². The van der Waals surface area contributed by atoms with Crippen LogP contribution in [0.5, 0.6) is 0 Å². The molecular weight excluding hydrogens is 633 g/mol. The maximum absolute atomic E-state index is 13.4. The van der Waals surface area contributed by atoms with E-state index < -0.39 is 46.5 Å². The number of halogens is 3. The Bertz CT molecular complexity index is 1740. The molecule has 0 fully saturated rings.